The zero-order valence-electron chi connectivity index (χ0n) is 9.97. The second-order valence-electron chi connectivity index (χ2n) is 4.28. The number of carboxylic acids is 1. The van der Waals surface area contributed by atoms with Crippen molar-refractivity contribution in [2.45, 2.75) is 18.9 Å². The molecule has 0 spiro atoms. The summed E-state index contributed by atoms with van der Waals surface area (Å²) in [4.78, 5) is 27.3. The van der Waals surface area contributed by atoms with Gasteiger partial charge in [0.05, 0.1) is 12.2 Å². The molecule has 1 saturated heterocycles. The van der Waals surface area contributed by atoms with Crippen LogP contribution in [0.5, 0.6) is 0 Å². The fourth-order valence-electron chi connectivity index (χ4n) is 1.89. The highest BCUT2D eigenvalue weighted by Crippen LogP contribution is 2.20. The Kier molecular flexibility index (Phi) is 3.29. The molecule has 1 fully saturated rings. The maximum Gasteiger partial charge on any atom is 0.331 e. The van der Waals surface area contributed by atoms with E-state index in [-0.39, 0.29) is 13.0 Å². The molecule has 1 atom stereocenters. The number of aliphatic carboxylic acids is 1. The van der Waals surface area contributed by atoms with Crippen molar-refractivity contribution >= 4 is 11.9 Å². The minimum absolute atomic E-state index is 0.00656. The number of hydrogen-bond donors (Lipinski definition) is 2. The Morgan fingerprint density at radius 3 is 2.89 bits per heavy atom. The van der Waals surface area contributed by atoms with E-state index < -0.39 is 17.4 Å². The van der Waals surface area contributed by atoms with E-state index >= 15 is 0 Å². The first-order chi connectivity index (χ1) is 8.55. The van der Waals surface area contributed by atoms with E-state index in [0.717, 1.165) is 0 Å². The summed E-state index contributed by atoms with van der Waals surface area (Å²) in [5, 5.41) is 11.8. The summed E-state index contributed by atoms with van der Waals surface area (Å²) < 4.78 is 5.08. The minimum atomic E-state index is -1.32. The van der Waals surface area contributed by atoms with E-state index in [1.54, 1.807) is 25.3 Å². The van der Waals surface area contributed by atoms with Crippen LogP contribution in [-0.2, 0) is 9.53 Å². The van der Waals surface area contributed by atoms with Gasteiger partial charge >= 0.3 is 5.97 Å². The van der Waals surface area contributed by atoms with Crippen LogP contribution in [0.3, 0.4) is 0 Å². The van der Waals surface area contributed by atoms with Gasteiger partial charge in [-0.2, -0.15) is 0 Å². The number of nitrogens with zero attached hydrogens (tertiary/aromatic N) is 1. The fourth-order valence-corrected chi connectivity index (χ4v) is 1.89. The highest BCUT2D eigenvalue weighted by molar-refractivity contribution is 5.98. The number of ether oxygens (including phenoxy) is 1. The SMILES string of the molecule is Cc1ncccc1C(=O)NC1(C(=O)O)CCOC1. The highest BCUT2D eigenvalue weighted by Gasteiger charge is 2.44. The number of carbonyl (C=O) groups is 2. The summed E-state index contributed by atoms with van der Waals surface area (Å²) >= 11 is 0. The summed E-state index contributed by atoms with van der Waals surface area (Å²) in [5.74, 6) is -1.51. The minimum Gasteiger partial charge on any atom is -0.479 e. The van der Waals surface area contributed by atoms with Gasteiger partial charge in [0.15, 0.2) is 5.54 Å². The average Bonchev–Trinajstić information content (AvgIpc) is 2.79. The molecule has 18 heavy (non-hydrogen) atoms. The van der Waals surface area contributed by atoms with Gasteiger partial charge in [-0.15, -0.1) is 0 Å². The highest BCUT2D eigenvalue weighted by atomic mass is 16.5. The van der Waals surface area contributed by atoms with Gasteiger partial charge in [0.25, 0.3) is 5.91 Å². The summed E-state index contributed by atoms with van der Waals surface area (Å²) in [5.41, 5.74) is -0.376. The van der Waals surface area contributed by atoms with Crippen molar-refractivity contribution in [3.05, 3.63) is 29.6 Å². The number of aryl methyl sites for hydroxylation is 1. The number of hydrogen-bond acceptors (Lipinski definition) is 4. The Bertz CT molecular complexity index is 481. The molecule has 0 radical (unpaired) electrons. The maximum absolute atomic E-state index is 12.1. The molecule has 2 heterocycles. The molecule has 96 valence electrons. The first-order valence-corrected chi connectivity index (χ1v) is 5.60. The topological polar surface area (TPSA) is 88.5 Å². The smallest absolute Gasteiger partial charge is 0.331 e. The first-order valence-electron chi connectivity index (χ1n) is 5.60. The molecular weight excluding hydrogens is 236 g/mol. The average molecular weight is 250 g/mol. The van der Waals surface area contributed by atoms with Crippen LogP contribution in [0.1, 0.15) is 22.5 Å². The second-order valence-corrected chi connectivity index (χ2v) is 4.28. The lowest BCUT2D eigenvalue weighted by Crippen LogP contribution is -2.55. The van der Waals surface area contributed by atoms with Crippen molar-refractivity contribution in [3.63, 3.8) is 0 Å². The first kappa shape index (κ1) is 12.5. The van der Waals surface area contributed by atoms with E-state index in [9.17, 15) is 14.7 Å². The van der Waals surface area contributed by atoms with Crippen molar-refractivity contribution in [1.29, 1.82) is 0 Å². The zero-order chi connectivity index (χ0) is 13.2. The van der Waals surface area contributed by atoms with E-state index in [1.807, 2.05) is 0 Å². The zero-order valence-corrected chi connectivity index (χ0v) is 9.97. The van der Waals surface area contributed by atoms with Gasteiger partial charge in [-0.05, 0) is 19.1 Å². The monoisotopic (exact) mass is 250 g/mol. The van der Waals surface area contributed by atoms with Crippen LogP contribution in [0.4, 0.5) is 0 Å². The molecular formula is C12H14N2O4. The molecule has 6 nitrogen and oxygen atoms in total. The Hall–Kier alpha value is -1.95. The molecule has 6 heteroatoms. The summed E-state index contributed by atoms with van der Waals surface area (Å²) in [6, 6.07) is 3.25. The lowest BCUT2D eigenvalue weighted by molar-refractivity contribution is -0.144. The van der Waals surface area contributed by atoms with Gasteiger partial charge in [-0.1, -0.05) is 0 Å². The van der Waals surface area contributed by atoms with Crippen LogP contribution < -0.4 is 5.32 Å². The standard InChI is InChI=1S/C12H14N2O4/c1-8-9(3-2-5-13-8)10(15)14-12(11(16)17)4-6-18-7-12/h2-3,5H,4,6-7H2,1H3,(H,14,15)(H,16,17). The molecule has 1 aliphatic heterocycles. The molecule has 1 unspecified atom stereocenters. The number of carbonyl (C=O) groups excluding carboxylic acids is 1. The third kappa shape index (κ3) is 2.19. The molecule has 2 rings (SSSR count). The van der Waals surface area contributed by atoms with Crippen molar-refractivity contribution in [1.82, 2.24) is 10.3 Å². The van der Waals surface area contributed by atoms with Gasteiger partial charge in [0.2, 0.25) is 0 Å². The molecule has 1 amide bonds. The number of aromatic nitrogens is 1. The van der Waals surface area contributed by atoms with Crippen LogP contribution >= 0.6 is 0 Å². The van der Waals surface area contributed by atoms with Crippen LogP contribution in [0.25, 0.3) is 0 Å². The Morgan fingerprint density at radius 2 is 2.33 bits per heavy atom. The summed E-state index contributed by atoms with van der Waals surface area (Å²) in [6.45, 7) is 2.03. The van der Waals surface area contributed by atoms with E-state index in [0.29, 0.717) is 17.9 Å². The predicted octanol–water partition coefficient (Wildman–Crippen LogP) is 0.364. The van der Waals surface area contributed by atoms with Gasteiger partial charge in [-0.3, -0.25) is 9.78 Å². The maximum atomic E-state index is 12.1. The third-order valence-corrected chi connectivity index (χ3v) is 3.04. The molecule has 2 N–H and O–H groups in total. The second kappa shape index (κ2) is 4.73. The molecule has 0 saturated carbocycles. The normalized spacial score (nSPS) is 22.7. The van der Waals surface area contributed by atoms with E-state index in [1.165, 1.54) is 0 Å². The quantitative estimate of drug-likeness (QED) is 0.808. The molecule has 1 aromatic heterocycles. The molecule has 0 bridgehead atoms. The summed E-state index contributed by atoms with van der Waals surface area (Å²) in [7, 11) is 0. The predicted molar refractivity (Wildman–Crippen MR) is 62.2 cm³/mol. The number of carboxylic acid groups (broad SMARTS) is 1. The van der Waals surface area contributed by atoms with Crippen LogP contribution in [-0.4, -0.2) is 40.7 Å². The number of rotatable bonds is 3. The molecule has 0 aliphatic carbocycles. The van der Waals surface area contributed by atoms with E-state index in [2.05, 4.69) is 10.3 Å². The Balaban J connectivity index is 2.21. The lowest BCUT2D eigenvalue weighted by atomic mass is 9.98. The third-order valence-electron chi connectivity index (χ3n) is 3.04. The van der Waals surface area contributed by atoms with Crippen molar-refractivity contribution in [2.75, 3.05) is 13.2 Å². The van der Waals surface area contributed by atoms with Gasteiger partial charge in [0, 0.05) is 24.9 Å². The van der Waals surface area contributed by atoms with Crippen LogP contribution in [0.2, 0.25) is 0 Å². The van der Waals surface area contributed by atoms with Crippen LogP contribution in [0.15, 0.2) is 18.3 Å². The molecule has 1 aliphatic rings. The van der Waals surface area contributed by atoms with Gasteiger partial charge in [0.1, 0.15) is 0 Å². The largest absolute Gasteiger partial charge is 0.479 e. The number of amides is 1. The van der Waals surface area contributed by atoms with Gasteiger partial charge in [-0.25, -0.2) is 4.79 Å². The van der Waals surface area contributed by atoms with E-state index in [4.69, 9.17) is 4.74 Å². The number of pyridine rings is 1. The molecule has 0 aromatic carbocycles. The lowest BCUT2D eigenvalue weighted by Gasteiger charge is -2.23. The van der Waals surface area contributed by atoms with Crippen molar-refractivity contribution < 1.29 is 19.4 Å². The van der Waals surface area contributed by atoms with Crippen LogP contribution in [0, 0.1) is 6.92 Å². The number of nitrogens with one attached hydrogen (secondary N) is 1. The Labute approximate surface area is 104 Å². The fraction of sp³-hybridized carbons (Fsp3) is 0.417. The van der Waals surface area contributed by atoms with Crippen molar-refractivity contribution in [2.24, 2.45) is 0 Å². The summed E-state index contributed by atoms with van der Waals surface area (Å²) in [6.07, 6.45) is 1.85. The molecule has 1 aromatic rings. The van der Waals surface area contributed by atoms with Crippen molar-refractivity contribution in [3.8, 4) is 0 Å². The van der Waals surface area contributed by atoms with Gasteiger partial charge < -0.3 is 15.2 Å². The Morgan fingerprint density at radius 1 is 1.56 bits per heavy atom.